The summed E-state index contributed by atoms with van der Waals surface area (Å²) in [6.07, 6.45) is 3.61. The molecule has 4 nitrogen and oxygen atoms in total. The van der Waals surface area contributed by atoms with Crippen LogP contribution in [-0.2, 0) is 19.7 Å². The standard InChI is InChI=1S/C12H24O4S/c1-9-5-7-11(8-6-9)16-17(14)15-10(2)12(3,4)13/h9-11,13H,5-8H2,1-4H3. The van der Waals surface area contributed by atoms with Gasteiger partial charge in [0.1, 0.15) is 6.10 Å². The van der Waals surface area contributed by atoms with Gasteiger partial charge in [-0.2, -0.15) is 4.21 Å². The average Bonchev–Trinajstić information content (AvgIpc) is 2.20. The highest BCUT2D eigenvalue weighted by atomic mass is 32.2. The SMILES string of the molecule is CC1CCC(OS(=O)OC(C)C(C)(C)O)CC1. The fourth-order valence-electron chi connectivity index (χ4n) is 1.70. The monoisotopic (exact) mass is 264 g/mol. The van der Waals surface area contributed by atoms with Crippen molar-refractivity contribution in [1.82, 2.24) is 0 Å². The fraction of sp³-hybridized carbons (Fsp3) is 1.00. The summed E-state index contributed by atoms with van der Waals surface area (Å²) >= 11 is -1.77. The Hall–Kier alpha value is 0.0300. The van der Waals surface area contributed by atoms with E-state index in [0.29, 0.717) is 0 Å². The van der Waals surface area contributed by atoms with Crippen LogP contribution in [0.25, 0.3) is 0 Å². The zero-order valence-corrected chi connectivity index (χ0v) is 12.0. The van der Waals surface area contributed by atoms with Crippen molar-refractivity contribution in [1.29, 1.82) is 0 Å². The minimum atomic E-state index is -1.77. The van der Waals surface area contributed by atoms with E-state index in [-0.39, 0.29) is 6.10 Å². The maximum Gasteiger partial charge on any atom is 0.305 e. The van der Waals surface area contributed by atoms with E-state index in [1.54, 1.807) is 20.8 Å². The molecule has 1 aliphatic carbocycles. The molecule has 0 saturated heterocycles. The van der Waals surface area contributed by atoms with Crippen LogP contribution in [-0.4, -0.2) is 27.1 Å². The van der Waals surface area contributed by atoms with Crippen molar-refractivity contribution in [2.24, 2.45) is 5.92 Å². The maximum atomic E-state index is 11.6. The van der Waals surface area contributed by atoms with Crippen molar-refractivity contribution >= 4 is 11.4 Å². The lowest BCUT2D eigenvalue weighted by Gasteiger charge is -2.27. The second-order valence-corrected chi connectivity index (χ2v) is 6.37. The Morgan fingerprint density at radius 1 is 1.29 bits per heavy atom. The Kier molecular flexibility index (Phi) is 5.57. The quantitative estimate of drug-likeness (QED) is 0.828. The Morgan fingerprint density at radius 3 is 2.29 bits per heavy atom. The molecule has 0 heterocycles. The molecule has 0 radical (unpaired) electrons. The van der Waals surface area contributed by atoms with Crippen LogP contribution in [0.5, 0.6) is 0 Å². The molecule has 0 spiro atoms. The van der Waals surface area contributed by atoms with Crippen LogP contribution in [0.15, 0.2) is 0 Å². The molecule has 1 N–H and O–H groups in total. The summed E-state index contributed by atoms with van der Waals surface area (Å²) < 4.78 is 22.1. The number of hydrogen-bond acceptors (Lipinski definition) is 4. The molecule has 0 aromatic rings. The maximum absolute atomic E-state index is 11.6. The second kappa shape index (κ2) is 6.27. The first-order valence-corrected chi connectivity index (χ1v) is 7.27. The van der Waals surface area contributed by atoms with Crippen molar-refractivity contribution in [2.45, 2.75) is 71.2 Å². The van der Waals surface area contributed by atoms with Gasteiger partial charge in [0.2, 0.25) is 0 Å². The second-order valence-electron chi connectivity index (χ2n) is 5.57. The number of rotatable bonds is 5. The molecule has 0 aromatic heterocycles. The summed E-state index contributed by atoms with van der Waals surface area (Å²) in [5.41, 5.74) is -1.01. The van der Waals surface area contributed by atoms with E-state index < -0.39 is 23.1 Å². The zero-order chi connectivity index (χ0) is 13.1. The Labute approximate surface area is 107 Å². The molecule has 102 valence electrons. The predicted molar refractivity (Wildman–Crippen MR) is 67.5 cm³/mol. The van der Waals surface area contributed by atoms with E-state index in [2.05, 4.69) is 6.92 Å². The third-order valence-electron chi connectivity index (χ3n) is 3.40. The molecule has 1 fully saturated rings. The van der Waals surface area contributed by atoms with Crippen LogP contribution in [0, 0.1) is 5.92 Å². The fourth-order valence-corrected chi connectivity index (χ4v) is 2.63. The topological polar surface area (TPSA) is 55.8 Å². The van der Waals surface area contributed by atoms with Gasteiger partial charge in [0.15, 0.2) is 0 Å². The van der Waals surface area contributed by atoms with Gasteiger partial charge in [-0.25, -0.2) is 0 Å². The first-order chi connectivity index (χ1) is 7.79. The molecule has 0 aromatic carbocycles. The van der Waals surface area contributed by atoms with Crippen molar-refractivity contribution in [3.8, 4) is 0 Å². The zero-order valence-electron chi connectivity index (χ0n) is 11.1. The minimum absolute atomic E-state index is 0.0287. The van der Waals surface area contributed by atoms with Gasteiger partial charge in [-0.05, 0) is 52.4 Å². The summed E-state index contributed by atoms with van der Waals surface area (Å²) in [5, 5.41) is 9.66. The lowest BCUT2D eigenvalue weighted by molar-refractivity contribution is -0.0266. The van der Waals surface area contributed by atoms with Crippen LogP contribution in [0.3, 0.4) is 0 Å². The smallest absolute Gasteiger partial charge is 0.305 e. The third-order valence-corrected chi connectivity index (χ3v) is 4.27. The third kappa shape index (κ3) is 5.46. The summed E-state index contributed by atoms with van der Waals surface area (Å²) in [6.45, 7) is 7.15. The number of hydrogen-bond donors (Lipinski definition) is 1. The summed E-state index contributed by atoms with van der Waals surface area (Å²) in [7, 11) is 0. The molecule has 1 saturated carbocycles. The summed E-state index contributed by atoms with van der Waals surface area (Å²) in [6, 6.07) is 0. The predicted octanol–water partition coefficient (Wildman–Crippen LogP) is 2.34. The molecule has 0 amide bonds. The lowest BCUT2D eigenvalue weighted by Crippen LogP contribution is -2.37. The molecular formula is C12H24O4S. The van der Waals surface area contributed by atoms with Gasteiger partial charge in [0, 0.05) is 0 Å². The summed E-state index contributed by atoms with van der Waals surface area (Å²) in [5.74, 6) is 0.736. The van der Waals surface area contributed by atoms with Gasteiger partial charge < -0.3 is 5.11 Å². The first-order valence-electron chi connectivity index (χ1n) is 6.27. The van der Waals surface area contributed by atoms with E-state index in [0.717, 1.165) is 31.6 Å². The molecule has 17 heavy (non-hydrogen) atoms. The van der Waals surface area contributed by atoms with Gasteiger partial charge in [0.25, 0.3) is 0 Å². The Bertz CT molecular complexity index is 254. The Morgan fingerprint density at radius 2 is 1.82 bits per heavy atom. The van der Waals surface area contributed by atoms with Gasteiger partial charge in [-0.15, -0.1) is 0 Å². The normalized spacial score (nSPS) is 29.9. The molecule has 0 aliphatic heterocycles. The highest BCUT2D eigenvalue weighted by Gasteiger charge is 2.27. The van der Waals surface area contributed by atoms with Crippen LogP contribution < -0.4 is 0 Å². The molecular weight excluding hydrogens is 240 g/mol. The largest absolute Gasteiger partial charge is 0.388 e. The van der Waals surface area contributed by atoms with Crippen LogP contribution in [0.1, 0.15) is 53.4 Å². The van der Waals surface area contributed by atoms with Crippen molar-refractivity contribution in [3.63, 3.8) is 0 Å². The van der Waals surface area contributed by atoms with Crippen LogP contribution >= 0.6 is 0 Å². The lowest BCUT2D eigenvalue weighted by atomic mass is 9.89. The molecule has 0 bridgehead atoms. The van der Waals surface area contributed by atoms with Gasteiger partial charge in [0.05, 0.1) is 11.7 Å². The van der Waals surface area contributed by atoms with E-state index in [9.17, 15) is 9.32 Å². The van der Waals surface area contributed by atoms with Crippen LogP contribution in [0.4, 0.5) is 0 Å². The minimum Gasteiger partial charge on any atom is -0.388 e. The van der Waals surface area contributed by atoms with E-state index in [4.69, 9.17) is 8.37 Å². The highest BCUT2D eigenvalue weighted by molar-refractivity contribution is 7.75. The van der Waals surface area contributed by atoms with Gasteiger partial charge >= 0.3 is 11.4 Å². The van der Waals surface area contributed by atoms with Crippen molar-refractivity contribution in [2.75, 3.05) is 0 Å². The summed E-state index contributed by atoms with van der Waals surface area (Å²) in [4.78, 5) is 0. The highest BCUT2D eigenvalue weighted by Crippen LogP contribution is 2.26. The first kappa shape index (κ1) is 15.1. The number of aliphatic hydroxyl groups is 1. The molecule has 1 rings (SSSR count). The molecule has 2 unspecified atom stereocenters. The van der Waals surface area contributed by atoms with Gasteiger partial charge in [-0.1, -0.05) is 6.92 Å². The van der Waals surface area contributed by atoms with Crippen LogP contribution in [0.2, 0.25) is 0 Å². The van der Waals surface area contributed by atoms with E-state index in [1.165, 1.54) is 0 Å². The van der Waals surface area contributed by atoms with E-state index in [1.807, 2.05) is 0 Å². The Balaban J connectivity index is 2.30. The average molecular weight is 264 g/mol. The van der Waals surface area contributed by atoms with Gasteiger partial charge in [-0.3, -0.25) is 8.37 Å². The van der Waals surface area contributed by atoms with Crippen molar-refractivity contribution < 1.29 is 17.7 Å². The van der Waals surface area contributed by atoms with E-state index >= 15 is 0 Å². The molecule has 5 heteroatoms. The molecule has 1 aliphatic rings. The van der Waals surface area contributed by atoms with Crippen molar-refractivity contribution in [3.05, 3.63) is 0 Å². The molecule has 2 atom stereocenters.